The second kappa shape index (κ2) is 22.9. The van der Waals surface area contributed by atoms with Crippen LogP contribution in [-0.2, 0) is 9.13 Å². The standard InChI is InChI=1S/2C18H15OP.C17H9F3O4S.Eu/c2*19-20(16-10-4-1-5-11-16,17-12-6-2-7-13-17)18-14-8-3-9-15-18;18-17(19,20)15(22)12-13(21)10-7-4-8-11(14(10)24-16(12)23)25-9-5-2-1-3-6-9;/h2*1-15H;1-8,21H;. The van der Waals surface area contributed by atoms with Gasteiger partial charge in [-0.05, 0) is 24.3 Å². The molecule has 0 amide bonds. The fourth-order valence-corrected chi connectivity index (χ4v) is 13.2. The fourth-order valence-electron chi connectivity index (χ4n) is 6.94. The first-order valence-electron chi connectivity index (χ1n) is 20.1. The molecule has 331 valence electrons. The molecule has 0 unspecified atom stereocenters. The molecule has 0 saturated heterocycles. The SMILES string of the molecule is O=C(c1c(O)c2cccc(Sc3ccccc3)c2oc1=O)C(F)(F)F.O=P(c1ccccc1)(c1ccccc1)c1ccccc1.O=P(c1ccccc1)(c1ccccc1)c1ccccc1.[Eu]. The van der Waals surface area contributed by atoms with Crippen LogP contribution in [0.5, 0.6) is 5.75 Å². The first-order valence-corrected chi connectivity index (χ1v) is 24.3. The average Bonchev–Trinajstić information content (AvgIpc) is 3.36. The normalized spacial score (nSPS) is 11.2. The second-order valence-electron chi connectivity index (χ2n) is 14.2. The number of fused-ring (bicyclic) bond motifs is 1. The Morgan fingerprint density at radius 1 is 0.470 bits per heavy atom. The molecule has 0 aliphatic rings. The molecule has 0 fully saturated rings. The van der Waals surface area contributed by atoms with Crippen LogP contribution in [0.2, 0.25) is 0 Å². The minimum atomic E-state index is -5.30. The van der Waals surface area contributed by atoms with Gasteiger partial charge in [0, 0.05) is 86.1 Å². The van der Waals surface area contributed by atoms with Crippen molar-refractivity contribution in [2.24, 2.45) is 0 Å². The van der Waals surface area contributed by atoms with Gasteiger partial charge in [0.25, 0.3) is 5.78 Å². The van der Waals surface area contributed by atoms with E-state index in [0.29, 0.717) is 4.90 Å². The number of Topliss-reactive ketones (excluding diaryl/α,β-unsaturated/α-hetero) is 1. The Kier molecular flexibility index (Phi) is 17.4. The van der Waals surface area contributed by atoms with Crippen molar-refractivity contribution in [2.45, 2.75) is 16.0 Å². The summed E-state index contributed by atoms with van der Waals surface area (Å²) in [4.78, 5) is 24.5. The number of aromatic hydroxyl groups is 1. The summed E-state index contributed by atoms with van der Waals surface area (Å²) in [5.41, 5.74) is -3.03. The maximum Gasteiger partial charge on any atom is 0.455 e. The van der Waals surface area contributed by atoms with E-state index in [4.69, 9.17) is 4.42 Å². The van der Waals surface area contributed by atoms with Gasteiger partial charge >= 0.3 is 11.8 Å². The van der Waals surface area contributed by atoms with Gasteiger partial charge < -0.3 is 18.7 Å². The summed E-state index contributed by atoms with van der Waals surface area (Å²) in [6, 6.07) is 71.6. The Balaban J connectivity index is 0.000000164. The van der Waals surface area contributed by atoms with E-state index in [-0.39, 0.29) is 60.3 Å². The van der Waals surface area contributed by atoms with Gasteiger partial charge in [-0.15, -0.1) is 0 Å². The number of hydrogen-bond donors (Lipinski definition) is 1. The molecule has 9 aromatic rings. The van der Waals surface area contributed by atoms with Crippen molar-refractivity contribution in [3.63, 3.8) is 0 Å². The number of ketones is 1. The average molecular weight is 1070 g/mol. The van der Waals surface area contributed by atoms with E-state index in [1.807, 2.05) is 188 Å². The molecule has 13 heteroatoms. The summed E-state index contributed by atoms with van der Waals surface area (Å²) in [5.74, 6) is -3.48. The number of benzene rings is 8. The third-order valence-corrected chi connectivity index (χ3v) is 17.2. The first kappa shape index (κ1) is 50.0. The summed E-state index contributed by atoms with van der Waals surface area (Å²) in [7, 11) is -5.55. The Hall–Kier alpha value is -5.38. The number of para-hydroxylation sites is 1. The van der Waals surface area contributed by atoms with E-state index in [2.05, 4.69) is 0 Å². The number of halogens is 3. The zero-order valence-corrected chi connectivity index (χ0v) is 39.8. The van der Waals surface area contributed by atoms with Gasteiger partial charge in [0.15, 0.2) is 25.4 Å². The molecule has 1 aromatic heterocycles. The van der Waals surface area contributed by atoms with E-state index in [1.54, 1.807) is 30.3 Å². The number of alkyl halides is 3. The van der Waals surface area contributed by atoms with Crippen molar-refractivity contribution in [3.8, 4) is 5.75 Å². The van der Waals surface area contributed by atoms with E-state index >= 15 is 0 Å². The molecule has 0 aliphatic carbocycles. The maximum atomic E-state index is 13.8. The molecule has 1 heterocycles. The predicted octanol–water partition coefficient (Wildman–Crippen LogP) is 11.0. The minimum Gasteiger partial charge on any atom is -0.506 e. The molecule has 0 aliphatic heterocycles. The Morgan fingerprint density at radius 2 is 0.773 bits per heavy atom. The summed E-state index contributed by atoms with van der Waals surface area (Å²) >= 11 is 1.20. The summed E-state index contributed by atoms with van der Waals surface area (Å²) in [6.07, 6.45) is -5.30. The van der Waals surface area contributed by atoms with E-state index < -0.39 is 43.2 Å². The topological polar surface area (TPSA) is 102 Å². The summed E-state index contributed by atoms with van der Waals surface area (Å²) in [6.45, 7) is 0. The maximum absolute atomic E-state index is 13.8. The Labute approximate surface area is 424 Å². The molecule has 6 nitrogen and oxygen atoms in total. The zero-order chi connectivity index (χ0) is 45.9. The van der Waals surface area contributed by atoms with Crippen LogP contribution in [0, 0.1) is 49.4 Å². The molecule has 1 radical (unpaired) electrons. The van der Waals surface area contributed by atoms with Crippen LogP contribution in [0.25, 0.3) is 11.0 Å². The van der Waals surface area contributed by atoms with Crippen LogP contribution >= 0.6 is 26.0 Å². The molecule has 8 aromatic carbocycles. The van der Waals surface area contributed by atoms with Crippen LogP contribution < -0.4 is 37.5 Å². The molecule has 0 atom stereocenters. The number of hydrogen-bond acceptors (Lipinski definition) is 7. The van der Waals surface area contributed by atoms with Crippen LogP contribution in [0.1, 0.15) is 10.4 Å². The smallest absolute Gasteiger partial charge is 0.455 e. The van der Waals surface area contributed by atoms with Gasteiger partial charge in [-0.25, -0.2) is 4.79 Å². The molecular weight excluding hydrogens is 1040 g/mol. The van der Waals surface area contributed by atoms with Gasteiger partial charge in [0.2, 0.25) is 0 Å². The van der Waals surface area contributed by atoms with Gasteiger partial charge in [-0.2, -0.15) is 13.2 Å². The van der Waals surface area contributed by atoms with E-state index in [0.717, 1.165) is 36.7 Å². The third-order valence-electron chi connectivity index (χ3n) is 10.0. The molecule has 66 heavy (non-hydrogen) atoms. The molecule has 0 saturated carbocycles. The number of carbonyl (C=O) groups is 1. The molecule has 0 bridgehead atoms. The monoisotopic (exact) mass is 1080 g/mol. The largest absolute Gasteiger partial charge is 0.506 e. The van der Waals surface area contributed by atoms with Crippen LogP contribution in [0.4, 0.5) is 13.2 Å². The molecular formula is C53H39EuF3O6P2S. The van der Waals surface area contributed by atoms with E-state index in [1.165, 1.54) is 23.9 Å². The van der Waals surface area contributed by atoms with Gasteiger partial charge in [0.1, 0.15) is 5.75 Å². The van der Waals surface area contributed by atoms with Crippen molar-refractivity contribution in [3.05, 3.63) is 247 Å². The molecule has 1 N–H and O–H groups in total. The number of rotatable bonds is 9. The quantitative estimate of drug-likeness (QED) is 0.0873. The predicted molar refractivity (Wildman–Crippen MR) is 257 cm³/mol. The molecule has 9 rings (SSSR count). The van der Waals surface area contributed by atoms with Crippen molar-refractivity contribution in [2.75, 3.05) is 0 Å². The molecule has 0 spiro atoms. The van der Waals surface area contributed by atoms with Gasteiger partial charge in [-0.3, -0.25) is 4.79 Å². The Bertz CT molecular complexity index is 2810. The second-order valence-corrected chi connectivity index (χ2v) is 20.9. The first-order chi connectivity index (χ1) is 31.4. The summed E-state index contributed by atoms with van der Waals surface area (Å²) < 4.78 is 70.4. The van der Waals surface area contributed by atoms with Gasteiger partial charge in [-0.1, -0.05) is 218 Å². The van der Waals surface area contributed by atoms with Gasteiger partial charge in [0.05, 0.1) is 10.3 Å². The Morgan fingerprint density at radius 3 is 1.08 bits per heavy atom. The van der Waals surface area contributed by atoms with Crippen molar-refractivity contribution < 1.29 is 86.0 Å². The van der Waals surface area contributed by atoms with Crippen LogP contribution in [0.3, 0.4) is 0 Å². The van der Waals surface area contributed by atoms with E-state index in [9.17, 15) is 37.0 Å². The third kappa shape index (κ3) is 11.4. The van der Waals surface area contributed by atoms with Crippen molar-refractivity contribution in [1.29, 1.82) is 0 Å². The van der Waals surface area contributed by atoms with Crippen molar-refractivity contribution >= 4 is 74.6 Å². The minimum absolute atomic E-state index is 0. The fraction of sp³-hybridized carbons (Fsp3) is 0.0189. The van der Waals surface area contributed by atoms with Crippen LogP contribution in [-0.4, -0.2) is 17.1 Å². The summed E-state index contributed by atoms with van der Waals surface area (Å²) in [5, 5.41) is 15.2. The zero-order valence-electron chi connectivity index (χ0n) is 34.7. The number of carbonyl (C=O) groups excluding carboxylic acids is 1. The van der Waals surface area contributed by atoms with Crippen LogP contribution in [0.15, 0.2) is 250 Å². The van der Waals surface area contributed by atoms with Crippen molar-refractivity contribution in [1.82, 2.24) is 0 Å².